The number of β-amino-alcohol motifs (C(OH)–C–C–N with tert-alkyl or cyclic N) is 1. The zero-order valence-electron chi connectivity index (χ0n) is 17.7. The van der Waals surface area contributed by atoms with Gasteiger partial charge < -0.3 is 24.4 Å². The number of phenolic OH excluding ortho intramolecular Hbond substituents is 1. The molecule has 7 nitrogen and oxygen atoms in total. The van der Waals surface area contributed by atoms with Crippen LogP contribution in [0, 0.1) is 0 Å². The predicted octanol–water partition coefficient (Wildman–Crippen LogP) is 3.40. The average molecular weight is 423 g/mol. The van der Waals surface area contributed by atoms with Gasteiger partial charge in [0.15, 0.2) is 0 Å². The molecule has 0 aliphatic carbocycles. The molecule has 4 rings (SSSR count). The summed E-state index contributed by atoms with van der Waals surface area (Å²) in [7, 11) is 4.45. The first-order chi connectivity index (χ1) is 15.0. The second-order valence-electron chi connectivity index (χ2n) is 7.51. The number of hydrogen-bond donors (Lipinski definition) is 2. The average Bonchev–Trinajstić information content (AvgIpc) is 2.79. The molecule has 1 atom stereocenters. The fourth-order valence-corrected chi connectivity index (χ4v) is 4.33. The molecular formula is C24H25NO6. The molecule has 1 heterocycles. The molecule has 2 N–H and O–H groups in total. The number of benzene rings is 3. The van der Waals surface area contributed by atoms with Crippen LogP contribution in [0.2, 0.25) is 0 Å². The van der Waals surface area contributed by atoms with Crippen LogP contribution in [0.4, 0.5) is 0 Å². The van der Waals surface area contributed by atoms with Crippen LogP contribution in [0.3, 0.4) is 0 Å². The standard InChI is InChI=1S/C24H25NO6/c1-29-20-8-9-21(30-2)22-18(20)12-25(13-19(22)26)11-17-15-7-5-4-6-14(15)10-16(23(17)27)24(28)31-3/h4-10,19,26-27H,11-13H2,1-3H3. The molecule has 31 heavy (non-hydrogen) atoms. The normalized spacial score (nSPS) is 16.1. The van der Waals surface area contributed by atoms with Gasteiger partial charge in [-0.05, 0) is 29.0 Å². The van der Waals surface area contributed by atoms with Crippen molar-refractivity contribution in [3.63, 3.8) is 0 Å². The summed E-state index contributed by atoms with van der Waals surface area (Å²) >= 11 is 0. The van der Waals surface area contributed by atoms with Gasteiger partial charge in [0, 0.05) is 36.3 Å². The highest BCUT2D eigenvalue weighted by Crippen LogP contribution is 2.41. The molecule has 0 amide bonds. The molecule has 0 fully saturated rings. The van der Waals surface area contributed by atoms with E-state index in [9.17, 15) is 15.0 Å². The zero-order valence-corrected chi connectivity index (χ0v) is 17.7. The van der Waals surface area contributed by atoms with Gasteiger partial charge in [0.25, 0.3) is 0 Å². The third kappa shape index (κ3) is 3.66. The van der Waals surface area contributed by atoms with E-state index in [0.717, 1.165) is 21.9 Å². The number of aliphatic hydroxyl groups is 1. The van der Waals surface area contributed by atoms with Gasteiger partial charge >= 0.3 is 5.97 Å². The molecule has 0 saturated carbocycles. The Labute approximate surface area is 180 Å². The molecule has 3 aromatic rings. The van der Waals surface area contributed by atoms with Crippen molar-refractivity contribution in [3.8, 4) is 17.2 Å². The highest BCUT2D eigenvalue weighted by molar-refractivity contribution is 6.00. The third-order valence-corrected chi connectivity index (χ3v) is 5.77. The fraction of sp³-hybridized carbons (Fsp3) is 0.292. The van der Waals surface area contributed by atoms with E-state index < -0.39 is 12.1 Å². The van der Waals surface area contributed by atoms with Crippen molar-refractivity contribution in [1.29, 1.82) is 0 Å². The number of fused-ring (bicyclic) bond motifs is 2. The second-order valence-corrected chi connectivity index (χ2v) is 7.51. The lowest BCUT2D eigenvalue weighted by Gasteiger charge is -2.34. The number of methoxy groups -OCH3 is 3. The highest BCUT2D eigenvalue weighted by atomic mass is 16.5. The van der Waals surface area contributed by atoms with E-state index in [1.807, 2.05) is 35.2 Å². The molecule has 162 valence electrons. The van der Waals surface area contributed by atoms with Gasteiger partial charge in [0.1, 0.15) is 22.8 Å². The SMILES string of the molecule is COC(=O)c1cc2ccccc2c(CN2Cc3c(OC)ccc(OC)c3C(O)C2)c1O. The van der Waals surface area contributed by atoms with Crippen molar-refractivity contribution in [3.05, 3.63) is 64.7 Å². The van der Waals surface area contributed by atoms with Crippen LogP contribution in [0.15, 0.2) is 42.5 Å². The maximum atomic E-state index is 12.2. The van der Waals surface area contributed by atoms with Crippen LogP contribution >= 0.6 is 0 Å². The monoisotopic (exact) mass is 423 g/mol. The van der Waals surface area contributed by atoms with E-state index in [0.29, 0.717) is 36.7 Å². The van der Waals surface area contributed by atoms with Crippen LogP contribution < -0.4 is 9.47 Å². The summed E-state index contributed by atoms with van der Waals surface area (Å²) in [5, 5.41) is 23.5. The molecule has 0 radical (unpaired) electrons. The van der Waals surface area contributed by atoms with Gasteiger partial charge in [-0.3, -0.25) is 4.90 Å². The number of aromatic hydroxyl groups is 1. The van der Waals surface area contributed by atoms with Crippen LogP contribution in [-0.4, -0.2) is 49.0 Å². The topological polar surface area (TPSA) is 88.5 Å². The van der Waals surface area contributed by atoms with Gasteiger partial charge in [-0.2, -0.15) is 0 Å². The van der Waals surface area contributed by atoms with Gasteiger partial charge in [0.2, 0.25) is 0 Å². The quantitative estimate of drug-likeness (QED) is 0.608. The molecular weight excluding hydrogens is 398 g/mol. The van der Waals surface area contributed by atoms with Gasteiger partial charge in [0.05, 0.1) is 27.4 Å². The summed E-state index contributed by atoms with van der Waals surface area (Å²) in [5.74, 6) is 0.573. The lowest BCUT2D eigenvalue weighted by atomic mass is 9.93. The Kier molecular flexibility index (Phi) is 5.71. The van der Waals surface area contributed by atoms with Gasteiger partial charge in [-0.15, -0.1) is 0 Å². The third-order valence-electron chi connectivity index (χ3n) is 5.77. The second kappa shape index (κ2) is 8.45. The van der Waals surface area contributed by atoms with Gasteiger partial charge in [-0.25, -0.2) is 4.79 Å². The predicted molar refractivity (Wildman–Crippen MR) is 116 cm³/mol. The first kappa shape index (κ1) is 21.0. The largest absolute Gasteiger partial charge is 0.507 e. The summed E-state index contributed by atoms with van der Waals surface area (Å²) in [6.45, 7) is 1.16. The number of hydrogen-bond acceptors (Lipinski definition) is 7. The first-order valence-corrected chi connectivity index (χ1v) is 9.94. The van der Waals surface area contributed by atoms with Crippen molar-refractivity contribution in [2.75, 3.05) is 27.9 Å². The molecule has 0 bridgehead atoms. The van der Waals surface area contributed by atoms with E-state index in [4.69, 9.17) is 14.2 Å². The number of esters is 1. The van der Waals surface area contributed by atoms with E-state index in [1.54, 1.807) is 26.4 Å². The lowest BCUT2D eigenvalue weighted by Crippen LogP contribution is -2.34. The number of carbonyl (C=O) groups is 1. The molecule has 0 spiro atoms. The minimum atomic E-state index is -0.786. The number of phenols is 1. The Morgan fingerprint density at radius 1 is 1.10 bits per heavy atom. The Hall–Kier alpha value is -3.29. The lowest BCUT2D eigenvalue weighted by molar-refractivity contribution is 0.0596. The summed E-state index contributed by atoms with van der Waals surface area (Å²) in [6.07, 6.45) is -0.786. The molecule has 3 aromatic carbocycles. The van der Waals surface area contributed by atoms with Crippen molar-refractivity contribution in [2.24, 2.45) is 0 Å². The van der Waals surface area contributed by atoms with Crippen molar-refractivity contribution in [1.82, 2.24) is 4.90 Å². The minimum Gasteiger partial charge on any atom is -0.507 e. The summed E-state index contributed by atoms with van der Waals surface area (Å²) in [5.41, 5.74) is 2.29. The maximum Gasteiger partial charge on any atom is 0.341 e. The minimum absolute atomic E-state index is 0.108. The van der Waals surface area contributed by atoms with Crippen molar-refractivity contribution >= 4 is 16.7 Å². The number of nitrogens with zero attached hydrogens (tertiary/aromatic N) is 1. The number of rotatable bonds is 5. The van der Waals surface area contributed by atoms with Crippen LogP contribution in [0.1, 0.15) is 33.2 Å². The highest BCUT2D eigenvalue weighted by Gasteiger charge is 2.31. The number of ether oxygens (including phenoxy) is 3. The summed E-state index contributed by atoms with van der Waals surface area (Å²) < 4.78 is 15.8. The van der Waals surface area contributed by atoms with Crippen molar-refractivity contribution < 1.29 is 29.2 Å². The molecule has 1 aliphatic rings. The number of carbonyl (C=O) groups excluding carboxylic acids is 1. The van der Waals surface area contributed by atoms with Crippen LogP contribution in [-0.2, 0) is 17.8 Å². The van der Waals surface area contributed by atoms with Crippen molar-refractivity contribution in [2.45, 2.75) is 19.2 Å². The fourth-order valence-electron chi connectivity index (χ4n) is 4.33. The zero-order chi connectivity index (χ0) is 22.1. The molecule has 1 aliphatic heterocycles. The Morgan fingerprint density at radius 3 is 2.52 bits per heavy atom. The van der Waals surface area contributed by atoms with E-state index in [1.165, 1.54) is 7.11 Å². The van der Waals surface area contributed by atoms with E-state index in [-0.39, 0.29) is 11.3 Å². The van der Waals surface area contributed by atoms with E-state index >= 15 is 0 Å². The van der Waals surface area contributed by atoms with E-state index in [2.05, 4.69) is 0 Å². The molecule has 0 saturated heterocycles. The van der Waals surface area contributed by atoms with Gasteiger partial charge in [-0.1, -0.05) is 24.3 Å². The Balaban J connectivity index is 1.77. The summed E-state index contributed by atoms with van der Waals surface area (Å²) in [4.78, 5) is 14.2. The molecule has 1 unspecified atom stereocenters. The summed E-state index contributed by atoms with van der Waals surface area (Å²) in [6, 6.07) is 12.8. The smallest absolute Gasteiger partial charge is 0.341 e. The van der Waals surface area contributed by atoms with Crippen LogP contribution in [0.25, 0.3) is 10.8 Å². The Bertz CT molecular complexity index is 1140. The Morgan fingerprint density at radius 2 is 1.81 bits per heavy atom. The van der Waals surface area contributed by atoms with Crippen LogP contribution in [0.5, 0.6) is 17.2 Å². The first-order valence-electron chi connectivity index (χ1n) is 9.94. The number of aliphatic hydroxyl groups excluding tert-OH is 1. The maximum absolute atomic E-state index is 12.2. The molecule has 0 aromatic heterocycles. The molecule has 7 heteroatoms.